The maximum absolute atomic E-state index is 13.6. The third-order valence-corrected chi connectivity index (χ3v) is 6.79. The molecular weight excluding hydrogens is 476 g/mol. The van der Waals surface area contributed by atoms with Gasteiger partial charge in [-0.1, -0.05) is 6.07 Å². The molecule has 0 amide bonds. The van der Waals surface area contributed by atoms with E-state index in [-0.39, 0.29) is 13.0 Å². The van der Waals surface area contributed by atoms with Crippen molar-refractivity contribution in [3.63, 3.8) is 0 Å². The van der Waals surface area contributed by atoms with Gasteiger partial charge in [0.25, 0.3) is 5.92 Å². The fraction of sp³-hybridized carbons (Fsp3) is 0.185. The van der Waals surface area contributed by atoms with Crippen molar-refractivity contribution < 1.29 is 13.2 Å². The number of aromatic nitrogens is 6. The van der Waals surface area contributed by atoms with Gasteiger partial charge >= 0.3 is 0 Å². The van der Waals surface area contributed by atoms with E-state index in [4.69, 9.17) is 9.40 Å². The molecule has 1 aliphatic rings. The number of rotatable bonds is 5. The van der Waals surface area contributed by atoms with E-state index >= 15 is 0 Å². The summed E-state index contributed by atoms with van der Waals surface area (Å²) in [4.78, 5) is 18.7. The molecule has 0 bridgehead atoms. The number of hydrogen-bond donors (Lipinski definition) is 2. The van der Waals surface area contributed by atoms with Crippen LogP contribution in [0.3, 0.4) is 0 Å². The Balaban J connectivity index is 1.24. The first kappa shape index (κ1) is 21.8. The smallest absolute Gasteiger partial charge is 0.261 e. The van der Waals surface area contributed by atoms with Crippen LogP contribution in [0.15, 0.2) is 71.9 Å². The average Bonchev–Trinajstić information content (AvgIpc) is 3.69. The quantitative estimate of drug-likeness (QED) is 0.319. The van der Waals surface area contributed by atoms with Crippen LogP contribution in [-0.4, -0.2) is 54.0 Å². The fourth-order valence-electron chi connectivity index (χ4n) is 4.99. The number of imidazole rings is 1. The van der Waals surface area contributed by atoms with Crippen LogP contribution in [0.5, 0.6) is 0 Å². The Kier molecular flexibility index (Phi) is 4.90. The van der Waals surface area contributed by atoms with E-state index < -0.39 is 5.92 Å². The number of pyridine rings is 2. The number of nitrogens with zero attached hydrogens (tertiary/aromatic N) is 5. The number of halogens is 2. The summed E-state index contributed by atoms with van der Waals surface area (Å²) in [6, 6.07) is 11.8. The largest absolute Gasteiger partial charge is 0.472 e. The molecule has 184 valence electrons. The van der Waals surface area contributed by atoms with E-state index in [2.05, 4.69) is 25.1 Å². The van der Waals surface area contributed by atoms with E-state index in [9.17, 15) is 8.78 Å². The van der Waals surface area contributed by atoms with Gasteiger partial charge in [-0.15, -0.1) is 0 Å². The number of likely N-dealkylation sites (tertiary alicyclic amines) is 1. The van der Waals surface area contributed by atoms with Crippen LogP contribution in [0.25, 0.3) is 55.8 Å². The summed E-state index contributed by atoms with van der Waals surface area (Å²) in [5.41, 5.74) is 7.56. The molecule has 1 fully saturated rings. The van der Waals surface area contributed by atoms with Crippen molar-refractivity contribution in [2.45, 2.75) is 18.9 Å². The minimum absolute atomic E-state index is 0.0963. The molecule has 37 heavy (non-hydrogen) atoms. The van der Waals surface area contributed by atoms with Crippen LogP contribution in [0.4, 0.5) is 8.78 Å². The number of alkyl halides is 2. The van der Waals surface area contributed by atoms with Crippen LogP contribution >= 0.6 is 0 Å². The Hall–Kier alpha value is -4.44. The van der Waals surface area contributed by atoms with Crippen molar-refractivity contribution >= 4 is 22.1 Å². The summed E-state index contributed by atoms with van der Waals surface area (Å²) < 4.78 is 32.5. The van der Waals surface area contributed by atoms with E-state index in [1.54, 1.807) is 36.0 Å². The topological polar surface area (TPSA) is 99.5 Å². The second-order valence-corrected chi connectivity index (χ2v) is 9.39. The highest BCUT2D eigenvalue weighted by molar-refractivity contribution is 5.97. The second kappa shape index (κ2) is 8.31. The predicted octanol–water partition coefficient (Wildman–Crippen LogP) is 5.66. The number of nitrogens with one attached hydrogen (secondary N) is 2. The average molecular weight is 498 g/mol. The molecule has 0 radical (unpaired) electrons. The maximum Gasteiger partial charge on any atom is 0.261 e. The fourth-order valence-corrected chi connectivity index (χ4v) is 4.99. The van der Waals surface area contributed by atoms with Crippen molar-refractivity contribution in [1.82, 2.24) is 35.0 Å². The first-order valence-electron chi connectivity index (χ1n) is 11.9. The third kappa shape index (κ3) is 3.95. The molecule has 0 aliphatic carbocycles. The van der Waals surface area contributed by atoms with Gasteiger partial charge in [-0.25, -0.2) is 18.7 Å². The van der Waals surface area contributed by atoms with E-state index in [1.807, 2.05) is 36.4 Å². The van der Waals surface area contributed by atoms with Crippen molar-refractivity contribution in [3.8, 4) is 33.8 Å². The number of H-pyrrole nitrogens is 2. The van der Waals surface area contributed by atoms with Gasteiger partial charge in [0, 0.05) is 60.2 Å². The Labute approximate surface area is 209 Å². The lowest BCUT2D eigenvalue weighted by atomic mass is 10.0. The molecule has 0 unspecified atom stereocenters. The molecule has 5 aromatic heterocycles. The SMILES string of the molecule is FC1(F)CCN(Cc2cncc(-c3ccc4[nH]nc(-c5nc6nccc(-c7ccoc7)c6[nH]5)c4c3)c2)C1. The maximum atomic E-state index is 13.6. The molecule has 8 nitrogen and oxygen atoms in total. The lowest BCUT2D eigenvalue weighted by molar-refractivity contribution is 0.0115. The van der Waals surface area contributed by atoms with Crippen molar-refractivity contribution in [2.24, 2.45) is 0 Å². The summed E-state index contributed by atoms with van der Waals surface area (Å²) in [5.74, 6) is -2.01. The molecule has 6 aromatic rings. The molecular formula is C27H21F2N7O. The summed E-state index contributed by atoms with van der Waals surface area (Å²) in [7, 11) is 0. The van der Waals surface area contributed by atoms with Gasteiger partial charge in [0.05, 0.1) is 30.1 Å². The summed E-state index contributed by atoms with van der Waals surface area (Å²) >= 11 is 0. The first-order valence-corrected chi connectivity index (χ1v) is 11.9. The van der Waals surface area contributed by atoms with Crippen LogP contribution in [-0.2, 0) is 6.54 Å². The van der Waals surface area contributed by atoms with Crippen molar-refractivity contribution in [2.75, 3.05) is 13.1 Å². The molecule has 2 N–H and O–H groups in total. The molecule has 0 spiro atoms. The zero-order valence-corrected chi connectivity index (χ0v) is 19.6. The lowest BCUT2D eigenvalue weighted by Crippen LogP contribution is -2.24. The number of benzene rings is 1. The summed E-state index contributed by atoms with van der Waals surface area (Å²) in [6.07, 6.45) is 8.46. The van der Waals surface area contributed by atoms with Gasteiger partial charge in [0.2, 0.25) is 0 Å². The van der Waals surface area contributed by atoms with Crippen LogP contribution in [0.1, 0.15) is 12.0 Å². The Morgan fingerprint density at radius 2 is 2.00 bits per heavy atom. The van der Waals surface area contributed by atoms with Crippen molar-refractivity contribution in [3.05, 3.63) is 73.1 Å². The molecule has 10 heteroatoms. The molecule has 6 heterocycles. The highest BCUT2D eigenvalue weighted by Crippen LogP contribution is 2.33. The molecule has 1 aromatic carbocycles. The highest BCUT2D eigenvalue weighted by Gasteiger charge is 2.37. The second-order valence-electron chi connectivity index (χ2n) is 9.39. The Morgan fingerprint density at radius 1 is 1.05 bits per heavy atom. The Bertz CT molecular complexity index is 1740. The van der Waals surface area contributed by atoms with Crippen LogP contribution < -0.4 is 0 Å². The molecule has 1 aliphatic heterocycles. The first-order chi connectivity index (χ1) is 18.0. The van der Waals surface area contributed by atoms with Gasteiger partial charge in [0.15, 0.2) is 11.5 Å². The van der Waals surface area contributed by atoms with Crippen molar-refractivity contribution in [1.29, 1.82) is 0 Å². The highest BCUT2D eigenvalue weighted by atomic mass is 19.3. The van der Waals surface area contributed by atoms with Gasteiger partial charge in [-0.2, -0.15) is 5.10 Å². The predicted molar refractivity (Wildman–Crippen MR) is 135 cm³/mol. The van der Waals surface area contributed by atoms with Gasteiger partial charge < -0.3 is 9.40 Å². The molecule has 0 atom stereocenters. The van der Waals surface area contributed by atoms with E-state index in [1.165, 1.54) is 0 Å². The monoisotopic (exact) mass is 497 g/mol. The number of furan rings is 1. The summed E-state index contributed by atoms with van der Waals surface area (Å²) in [5, 5.41) is 8.50. The number of hydrogen-bond acceptors (Lipinski definition) is 6. The normalized spacial score (nSPS) is 15.7. The number of fused-ring (bicyclic) bond motifs is 2. The van der Waals surface area contributed by atoms with Crippen LogP contribution in [0, 0.1) is 0 Å². The molecule has 1 saturated heterocycles. The van der Waals surface area contributed by atoms with Gasteiger partial charge in [-0.3, -0.25) is 15.0 Å². The van der Waals surface area contributed by atoms with Gasteiger partial charge in [0.1, 0.15) is 5.69 Å². The minimum atomic E-state index is -2.61. The minimum Gasteiger partial charge on any atom is -0.472 e. The molecule has 0 saturated carbocycles. The third-order valence-electron chi connectivity index (χ3n) is 6.79. The standard InChI is InChI=1S/C27H21F2N7O/c28-27(29)5-7-36(15-27)13-16-9-19(12-30-11-16)17-1-2-22-21(10-17)24(35-34-22)26-32-23-20(18-4-8-37-14-18)3-6-31-25(23)33-26/h1-4,6,8-12,14H,5,7,13,15H2,(H,34,35)(H,31,32,33). The van der Waals surface area contributed by atoms with E-state index in [0.717, 1.165) is 44.2 Å². The zero-order chi connectivity index (χ0) is 25.0. The number of aromatic amines is 2. The molecule has 7 rings (SSSR count). The van der Waals surface area contributed by atoms with E-state index in [0.29, 0.717) is 30.3 Å². The van der Waals surface area contributed by atoms with Gasteiger partial charge in [-0.05, 0) is 41.5 Å². The van der Waals surface area contributed by atoms with Crippen LogP contribution in [0.2, 0.25) is 0 Å². The summed E-state index contributed by atoms with van der Waals surface area (Å²) in [6.45, 7) is 0.618. The zero-order valence-electron chi connectivity index (χ0n) is 19.6. The lowest BCUT2D eigenvalue weighted by Gasteiger charge is -2.15. The Morgan fingerprint density at radius 3 is 2.84 bits per heavy atom.